The van der Waals surface area contributed by atoms with Crippen molar-refractivity contribution < 1.29 is 9.84 Å². The van der Waals surface area contributed by atoms with Gasteiger partial charge in [-0.3, -0.25) is 0 Å². The van der Waals surface area contributed by atoms with E-state index in [2.05, 4.69) is 4.98 Å². The van der Waals surface area contributed by atoms with Gasteiger partial charge in [-0.25, -0.2) is 4.98 Å². The molecule has 0 saturated carbocycles. The quantitative estimate of drug-likeness (QED) is 0.791. The first kappa shape index (κ1) is 14.2. The highest BCUT2D eigenvalue weighted by molar-refractivity contribution is 7.09. The van der Waals surface area contributed by atoms with Crippen LogP contribution in [0.25, 0.3) is 0 Å². The number of benzene rings is 1. The molecule has 4 heteroatoms. The highest BCUT2D eigenvalue weighted by Gasteiger charge is 2.10. The van der Waals surface area contributed by atoms with Crippen LogP contribution in [0.3, 0.4) is 0 Å². The van der Waals surface area contributed by atoms with Crippen LogP contribution in [0, 0.1) is 0 Å². The average Bonchev–Trinajstić information content (AvgIpc) is 2.88. The topological polar surface area (TPSA) is 42.4 Å². The summed E-state index contributed by atoms with van der Waals surface area (Å²) in [6, 6.07) is 9.70. The van der Waals surface area contributed by atoms with Gasteiger partial charge in [0.15, 0.2) is 0 Å². The largest absolute Gasteiger partial charge is 0.388 e. The van der Waals surface area contributed by atoms with Gasteiger partial charge in [-0.1, -0.05) is 30.3 Å². The number of ether oxygens (including phenoxy) is 1. The van der Waals surface area contributed by atoms with Crippen molar-refractivity contribution in [2.45, 2.75) is 25.9 Å². The maximum absolute atomic E-state index is 10.1. The number of nitrogens with zero attached hydrogens (tertiary/aromatic N) is 1. The maximum atomic E-state index is 10.1. The molecule has 1 unspecified atom stereocenters. The molecule has 0 aliphatic rings. The number of thiazole rings is 1. The van der Waals surface area contributed by atoms with Crippen molar-refractivity contribution in [3.8, 4) is 0 Å². The summed E-state index contributed by atoms with van der Waals surface area (Å²) in [5.74, 6) is 0. The number of hydrogen-bond donors (Lipinski definition) is 1. The number of rotatable bonds is 7. The molecule has 0 fully saturated rings. The predicted octanol–water partition coefficient (Wildman–Crippen LogP) is 3.00. The van der Waals surface area contributed by atoms with Crippen molar-refractivity contribution in [3.05, 3.63) is 52.0 Å². The molecule has 1 heterocycles. The van der Waals surface area contributed by atoms with E-state index >= 15 is 0 Å². The van der Waals surface area contributed by atoms with Crippen molar-refractivity contribution in [1.29, 1.82) is 0 Å². The molecule has 2 aromatic rings. The second-order valence-corrected chi connectivity index (χ2v) is 5.25. The van der Waals surface area contributed by atoms with Crippen molar-refractivity contribution in [2.75, 3.05) is 13.2 Å². The Kier molecular flexibility index (Phi) is 5.51. The molecule has 0 amide bonds. The van der Waals surface area contributed by atoms with Gasteiger partial charge in [-0.2, -0.15) is 0 Å². The summed E-state index contributed by atoms with van der Waals surface area (Å²) in [5.41, 5.74) is 1.89. The minimum absolute atomic E-state index is 0.483. The summed E-state index contributed by atoms with van der Waals surface area (Å²) in [6.07, 6.45) is 0.928. The molecule has 3 nitrogen and oxygen atoms in total. The fourth-order valence-electron chi connectivity index (χ4n) is 1.85. The van der Waals surface area contributed by atoms with Gasteiger partial charge in [0, 0.05) is 24.8 Å². The van der Waals surface area contributed by atoms with Crippen molar-refractivity contribution in [1.82, 2.24) is 4.98 Å². The lowest BCUT2D eigenvalue weighted by Gasteiger charge is -2.08. The number of hydrogen-bond acceptors (Lipinski definition) is 4. The third-order valence-corrected chi connectivity index (χ3v) is 3.81. The molecule has 2 rings (SSSR count). The van der Waals surface area contributed by atoms with Crippen LogP contribution in [0.4, 0.5) is 0 Å². The van der Waals surface area contributed by atoms with Crippen LogP contribution in [0.5, 0.6) is 0 Å². The molecule has 1 N–H and O–H groups in total. The minimum Gasteiger partial charge on any atom is -0.388 e. The predicted molar refractivity (Wildman–Crippen MR) is 77.4 cm³/mol. The fraction of sp³-hybridized carbons (Fsp3) is 0.400. The number of aliphatic hydroxyl groups excluding tert-OH is 1. The van der Waals surface area contributed by atoms with Gasteiger partial charge in [0.05, 0.1) is 23.4 Å². The zero-order chi connectivity index (χ0) is 13.5. The lowest BCUT2D eigenvalue weighted by atomic mass is 10.1. The SMILES string of the molecule is CCOCCc1nc(CC(O)c2ccccc2)cs1. The fourth-order valence-corrected chi connectivity index (χ4v) is 2.64. The monoisotopic (exact) mass is 277 g/mol. The molecular weight excluding hydrogens is 258 g/mol. The van der Waals surface area contributed by atoms with Crippen LogP contribution in [0.15, 0.2) is 35.7 Å². The van der Waals surface area contributed by atoms with E-state index in [4.69, 9.17) is 4.74 Å². The Morgan fingerprint density at radius 1 is 1.32 bits per heavy atom. The second kappa shape index (κ2) is 7.38. The summed E-state index contributed by atoms with van der Waals surface area (Å²) >= 11 is 1.63. The lowest BCUT2D eigenvalue weighted by molar-refractivity contribution is 0.150. The minimum atomic E-state index is -0.483. The first-order chi connectivity index (χ1) is 9.29. The Labute approximate surface area is 117 Å². The highest BCUT2D eigenvalue weighted by atomic mass is 32.1. The van der Waals surface area contributed by atoms with E-state index in [1.165, 1.54) is 0 Å². The van der Waals surface area contributed by atoms with E-state index in [9.17, 15) is 5.11 Å². The smallest absolute Gasteiger partial charge is 0.0951 e. The van der Waals surface area contributed by atoms with Gasteiger partial charge in [-0.05, 0) is 12.5 Å². The Balaban J connectivity index is 1.89. The van der Waals surface area contributed by atoms with Gasteiger partial charge in [-0.15, -0.1) is 11.3 Å². The third kappa shape index (κ3) is 4.42. The summed E-state index contributed by atoms with van der Waals surface area (Å²) < 4.78 is 5.31. The Morgan fingerprint density at radius 3 is 2.84 bits per heavy atom. The first-order valence-corrected chi connectivity index (χ1v) is 7.41. The standard InChI is InChI=1S/C15H19NO2S/c1-2-18-9-8-15-16-13(11-19-15)10-14(17)12-6-4-3-5-7-12/h3-7,11,14,17H,2,8-10H2,1H3. The molecule has 1 aromatic heterocycles. The van der Waals surface area contributed by atoms with Gasteiger partial charge >= 0.3 is 0 Å². The van der Waals surface area contributed by atoms with Crippen LogP contribution >= 0.6 is 11.3 Å². The van der Waals surface area contributed by atoms with E-state index in [1.807, 2.05) is 42.6 Å². The van der Waals surface area contributed by atoms with Gasteiger partial charge in [0.1, 0.15) is 0 Å². The molecule has 1 atom stereocenters. The van der Waals surface area contributed by atoms with Crippen LogP contribution in [0.2, 0.25) is 0 Å². The van der Waals surface area contributed by atoms with Crippen molar-refractivity contribution in [3.63, 3.8) is 0 Å². The van der Waals surface area contributed by atoms with E-state index in [0.717, 1.165) is 29.3 Å². The molecule has 0 bridgehead atoms. The van der Waals surface area contributed by atoms with E-state index in [1.54, 1.807) is 11.3 Å². The Hall–Kier alpha value is -1.23. The molecule has 0 spiro atoms. The van der Waals surface area contributed by atoms with Crippen LogP contribution < -0.4 is 0 Å². The van der Waals surface area contributed by atoms with Crippen LogP contribution in [0.1, 0.15) is 29.3 Å². The van der Waals surface area contributed by atoms with Crippen LogP contribution in [-0.2, 0) is 17.6 Å². The van der Waals surface area contributed by atoms with E-state index in [-0.39, 0.29) is 0 Å². The molecular formula is C15H19NO2S. The van der Waals surface area contributed by atoms with Gasteiger partial charge in [0.2, 0.25) is 0 Å². The molecule has 0 radical (unpaired) electrons. The normalized spacial score (nSPS) is 12.5. The third-order valence-electron chi connectivity index (χ3n) is 2.85. The highest BCUT2D eigenvalue weighted by Crippen LogP contribution is 2.19. The van der Waals surface area contributed by atoms with E-state index in [0.29, 0.717) is 13.0 Å². The van der Waals surface area contributed by atoms with Crippen molar-refractivity contribution in [2.24, 2.45) is 0 Å². The molecule has 19 heavy (non-hydrogen) atoms. The number of aromatic nitrogens is 1. The molecule has 0 saturated heterocycles. The van der Waals surface area contributed by atoms with Crippen LogP contribution in [-0.4, -0.2) is 23.3 Å². The summed E-state index contributed by atoms with van der Waals surface area (Å²) in [4.78, 5) is 4.53. The van der Waals surface area contributed by atoms with Crippen molar-refractivity contribution >= 4 is 11.3 Å². The average molecular weight is 277 g/mol. The molecule has 102 valence electrons. The maximum Gasteiger partial charge on any atom is 0.0951 e. The first-order valence-electron chi connectivity index (χ1n) is 6.53. The van der Waals surface area contributed by atoms with Gasteiger partial charge < -0.3 is 9.84 Å². The number of aliphatic hydroxyl groups is 1. The molecule has 1 aromatic carbocycles. The van der Waals surface area contributed by atoms with E-state index < -0.39 is 6.10 Å². The summed E-state index contributed by atoms with van der Waals surface area (Å²) in [5, 5.41) is 13.2. The zero-order valence-electron chi connectivity index (χ0n) is 11.1. The van der Waals surface area contributed by atoms with Gasteiger partial charge in [0.25, 0.3) is 0 Å². The molecule has 0 aliphatic heterocycles. The Bertz CT molecular complexity index is 484. The summed E-state index contributed by atoms with van der Waals surface area (Å²) in [6.45, 7) is 3.44. The second-order valence-electron chi connectivity index (χ2n) is 4.31. The summed E-state index contributed by atoms with van der Waals surface area (Å²) in [7, 11) is 0. The molecule has 0 aliphatic carbocycles. The Morgan fingerprint density at radius 2 is 2.11 bits per heavy atom. The zero-order valence-corrected chi connectivity index (χ0v) is 11.9. The lowest BCUT2D eigenvalue weighted by Crippen LogP contribution is -2.02.